The first-order chi connectivity index (χ1) is 11.9. The molecule has 25 heavy (non-hydrogen) atoms. The number of carboxylic acid groups (broad SMARTS) is 1. The summed E-state index contributed by atoms with van der Waals surface area (Å²) in [5, 5.41) is 25.6. The zero-order chi connectivity index (χ0) is 18.0. The molecule has 0 radical (unpaired) electrons. The average Bonchev–Trinajstić information content (AvgIpc) is 3.14. The molecule has 0 saturated heterocycles. The predicted molar refractivity (Wildman–Crippen MR) is 86.0 cm³/mol. The van der Waals surface area contributed by atoms with Crippen molar-refractivity contribution in [2.75, 3.05) is 0 Å². The van der Waals surface area contributed by atoms with Crippen molar-refractivity contribution in [2.24, 2.45) is 5.92 Å². The molecule has 0 unspecified atom stereocenters. The molecule has 3 N–H and O–H groups in total. The van der Waals surface area contributed by atoms with Gasteiger partial charge < -0.3 is 15.5 Å². The minimum Gasteiger partial charge on any atom is -0.504 e. The Morgan fingerprint density at radius 1 is 1.28 bits per heavy atom. The van der Waals surface area contributed by atoms with E-state index in [0.717, 1.165) is 6.42 Å². The van der Waals surface area contributed by atoms with Gasteiger partial charge in [-0.15, -0.1) is 0 Å². The zero-order valence-corrected chi connectivity index (χ0v) is 13.4. The fourth-order valence-corrected chi connectivity index (χ4v) is 3.14. The molecule has 1 aliphatic rings. The summed E-state index contributed by atoms with van der Waals surface area (Å²) in [4.78, 5) is 23.1. The molecule has 2 atom stereocenters. The molecule has 1 amide bonds. The molecule has 0 aliphatic heterocycles. The van der Waals surface area contributed by atoms with Gasteiger partial charge in [0, 0.05) is 12.5 Å². The van der Waals surface area contributed by atoms with Crippen LogP contribution in [0.1, 0.15) is 36.2 Å². The number of carbonyl (C=O) groups excluding carboxylic acids is 1. The smallest absolute Gasteiger partial charge is 0.303 e. The Morgan fingerprint density at radius 2 is 2.00 bits per heavy atom. The number of benzene rings is 1. The number of amides is 1. The van der Waals surface area contributed by atoms with Crippen LogP contribution in [0.15, 0.2) is 30.5 Å². The van der Waals surface area contributed by atoms with Gasteiger partial charge in [-0.2, -0.15) is 5.10 Å². The Hall–Kier alpha value is -2.90. The Bertz CT molecular complexity index is 788. The maximum atomic E-state index is 13.0. The highest BCUT2D eigenvalue weighted by molar-refractivity contribution is 5.95. The molecule has 132 valence electrons. The highest BCUT2D eigenvalue weighted by atomic mass is 19.1. The van der Waals surface area contributed by atoms with Crippen molar-refractivity contribution in [1.29, 1.82) is 0 Å². The lowest BCUT2D eigenvalue weighted by molar-refractivity contribution is -0.138. The Labute approximate surface area is 143 Å². The van der Waals surface area contributed by atoms with Crippen LogP contribution in [0.4, 0.5) is 4.39 Å². The summed E-state index contributed by atoms with van der Waals surface area (Å²) in [6.45, 7) is 0. The van der Waals surface area contributed by atoms with Crippen molar-refractivity contribution in [3.63, 3.8) is 0 Å². The molecule has 1 fully saturated rings. The third-order valence-corrected chi connectivity index (χ3v) is 4.34. The molecule has 1 aromatic carbocycles. The largest absolute Gasteiger partial charge is 0.504 e. The van der Waals surface area contributed by atoms with E-state index >= 15 is 0 Å². The van der Waals surface area contributed by atoms with Gasteiger partial charge in [0.1, 0.15) is 5.82 Å². The van der Waals surface area contributed by atoms with E-state index in [1.54, 1.807) is 0 Å². The molecule has 1 aromatic heterocycles. The monoisotopic (exact) mass is 347 g/mol. The first-order valence-electron chi connectivity index (χ1n) is 7.99. The van der Waals surface area contributed by atoms with Gasteiger partial charge in [-0.3, -0.25) is 9.59 Å². The maximum absolute atomic E-state index is 13.0. The van der Waals surface area contributed by atoms with Crippen molar-refractivity contribution in [3.8, 4) is 11.4 Å². The summed E-state index contributed by atoms with van der Waals surface area (Å²) in [6, 6.07) is 5.35. The minimum atomic E-state index is -0.840. The van der Waals surface area contributed by atoms with E-state index in [-0.39, 0.29) is 29.8 Å². The molecule has 8 heteroatoms. The molecule has 0 bridgehead atoms. The van der Waals surface area contributed by atoms with Crippen molar-refractivity contribution in [2.45, 2.75) is 31.7 Å². The van der Waals surface area contributed by atoms with Crippen molar-refractivity contribution < 1.29 is 24.2 Å². The molecule has 0 spiro atoms. The number of carbonyl (C=O) groups is 2. The standard InChI is InChI=1S/C17H18FN3O4/c18-11-2-5-13(6-3-11)21-9-14(22)16(20-21)17(25)19-12-4-1-10(7-12)8-15(23)24/h2-3,5-6,9-10,12,22H,1,4,7-8H2,(H,19,25)(H,23,24)/t10-,12+/m1/s1. The first-order valence-corrected chi connectivity index (χ1v) is 7.99. The number of nitrogens with zero attached hydrogens (tertiary/aromatic N) is 2. The minimum absolute atomic E-state index is 0.0492. The highest BCUT2D eigenvalue weighted by Gasteiger charge is 2.29. The number of aliphatic carboxylic acids is 1. The number of aromatic nitrogens is 2. The average molecular weight is 347 g/mol. The van der Waals surface area contributed by atoms with Crippen molar-refractivity contribution in [1.82, 2.24) is 15.1 Å². The lowest BCUT2D eigenvalue weighted by Gasteiger charge is -2.11. The zero-order valence-electron chi connectivity index (χ0n) is 13.4. The third-order valence-electron chi connectivity index (χ3n) is 4.34. The summed E-state index contributed by atoms with van der Waals surface area (Å²) in [5.41, 5.74) is 0.393. The van der Waals surface area contributed by atoms with Gasteiger partial charge in [0.15, 0.2) is 11.4 Å². The topological polar surface area (TPSA) is 104 Å². The maximum Gasteiger partial charge on any atom is 0.303 e. The summed E-state index contributed by atoms with van der Waals surface area (Å²) in [5.74, 6) is -1.97. The van der Waals surface area contributed by atoms with E-state index in [2.05, 4.69) is 10.4 Å². The van der Waals surface area contributed by atoms with E-state index in [1.807, 2.05) is 0 Å². The van der Waals surface area contributed by atoms with Crippen LogP contribution in [0, 0.1) is 11.7 Å². The summed E-state index contributed by atoms with van der Waals surface area (Å²) in [6.07, 6.45) is 3.41. The van der Waals surface area contributed by atoms with Crippen LogP contribution in [0.5, 0.6) is 5.75 Å². The fourth-order valence-electron chi connectivity index (χ4n) is 3.14. The van der Waals surface area contributed by atoms with E-state index in [1.165, 1.54) is 35.1 Å². The number of carboxylic acids is 1. The lowest BCUT2D eigenvalue weighted by atomic mass is 10.0. The normalized spacial score (nSPS) is 19.7. The van der Waals surface area contributed by atoms with Gasteiger partial charge >= 0.3 is 5.97 Å². The first kappa shape index (κ1) is 16.9. The van der Waals surface area contributed by atoms with Gasteiger partial charge in [-0.05, 0) is 49.4 Å². The predicted octanol–water partition coefficient (Wildman–Crippen LogP) is 2.09. The molecule has 3 rings (SSSR count). The van der Waals surface area contributed by atoms with Crippen LogP contribution < -0.4 is 5.32 Å². The van der Waals surface area contributed by atoms with E-state index < -0.39 is 17.7 Å². The van der Waals surface area contributed by atoms with Gasteiger partial charge in [-0.1, -0.05) is 0 Å². The number of hydrogen-bond acceptors (Lipinski definition) is 4. The number of halogens is 1. The Morgan fingerprint density at radius 3 is 2.68 bits per heavy atom. The van der Waals surface area contributed by atoms with Gasteiger partial charge in [0.25, 0.3) is 5.91 Å². The van der Waals surface area contributed by atoms with Crippen LogP contribution >= 0.6 is 0 Å². The third kappa shape index (κ3) is 3.96. The Balaban J connectivity index is 1.67. The van der Waals surface area contributed by atoms with Gasteiger partial charge in [0.05, 0.1) is 11.9 Å². The summed E-state index contributed by atoms with van der Waals surface area (Å²) >= 11 is 0. The van der Waals surface area contributed by atoms with E-state index in [9.17, 15) is 19.1 Å². The van der Waals surface area contributed by atoms with Crippen molar-refractivity contribution in [3.05, 3.63) is 42.0 Å². The lowest BCUT2D eigenvalue weighted by Crippen LogP contribution is -2.33. The molecule has 1 heterocycles. The quantitative estimate of drug-likeness (QED) is 0.768. The van der Waals surface area contributed by atoms with Crippen LogP contribution in [0.3, 0.4) is 0 Å². The number of hydrogen-bond donors (Lipinski definition) is 3. The molecular weight excluding hydrogens is 329 g/mol. The second-order valence-electron chi connectivity index (χ2n) is 6.23. The second-order valence-corrected chi connectivity index (χ2v) is 6.23. The van der Waals surface area contributed by atoms with Crippen LogP contribution in [0.25, 0.3) is 5.69 Å². The van der Waals surface area contributed by atoms with Gasteiger partial charge in [0.2, 0.25) is 0 Å². The molecule has 1 saturated carbocycles. The number of nitrogens with one attached hydrogen (secondary N) is 1. The summed E-state index contributed by atoms with van der Waals surface area (Å²) in [7, 11) is 0. The number of rotatable bonds is 5. The highest BCUT2D eigenvalue weighted by Crippen LogP contribution is 2.29. The molecule has 1 aliphatic carbocycles. The second kappa shape index (κ2) is 6.92. The number of aromatic hydroxyl groups is 1. The van der Waals surface area contributed by atoms with Gasteiger partial charge in [-0.25, -0.2) is 9.07 Å². The van der Waals surface area contributed by atoms with Crippen LogP contribution in [0.2, 0.25) is 0 Å². The SMILES string of the molecule is O=C(O)C[C@@H]1CC[C@H](NC(=O)c2nn(-c3ccc(F)cc3)cc2O)C1. The Kier molecular flexibility index (Phi) is 4.69. The molecule has 2 aromatic rings. The van der Waals surface area contributed by atoms with E-state index in [0.29, 0.717) is 18.5 Å². The van der Waals surface area contributed by atoms with E-state index in [4.69, 9.17) is 5.11 Å². The summed E-state index contributed by atoms with van der Waals surface area (Å²) < 4.78 is 14.3. The van der Waals surface area contributed by atoms with Crippen molar-refractivity contribution >= 4 is 11.9 Å². The fraction of sp³-hybridized carbons (Fsp3) is 0.353. The van der Waals surface area contributed by atoms with Crippen LogP contribution in [-0.2, 0) is 4.79 Å². The molecular formula is C17H18FN3O4. The molecule has 7 nitrogen and oxygen atoms in total. The van der Waals surface area contributed by atoms with Crippen LogP contribution in [-0.4, -0.2) is 37.9 Å².